The third-order valence-corrected chi connectivity index (χ3v) is 5.23. The quantitative estimate of drug-likeness (QED) is 0.659. The second kappa shape index (κ2) is 7.30. The Labute approximate surface area is 170 Å². The first-order valence-electron chi connectivity index (χ1n) is 8.20. The Balaban J connectivity index is 2.23. The predicted octanol–water partition coefficient (Wildman–Crippen LogP) is 3.35. The van der Waals surface area contributed by atoms with Crippen molar-refractivity contribution in [2.24, 2.45) is 0 Å². The van der Waals surface area contributed by atoms with E-state index in [0.717, 1.165) is 0 Å². The van der Waals surface area contributed by atoms with Gasteiger partial charge in [0.2, 0.25) is 0 Å². The molecule has 0 heterocycles. The normalized spacial score (nSPS) is 18.6. The molecule has 0 spiro atoms. The zero-order chi connectivity index (χ0) is 20.6. The molecular weight excluding hydrogens is 405 g/mol. The number of hydrogen-bond donors (Lipinski definition) is 3. The van der Waals surface area contributed by atoms with E-state index in [1.807, 2.05) is 0 Å². The van der Waals surface area contributed by atoms with Crippen LogP contribution in [0.3, 0.4) is 0 Å². The van der Waals surface area contributed by atoms with Gasteiger partial charge in [0.05, 0.1) is 5.41 Å². The summed E-state index contributed by atoms with van der Waals surface area (Å²) in [6.07, 6.45) is 0. The van der Waals surface area contributed by atoms with Gasteiger partial charge < -0.3 is 15.5 Å². The van der Waals surface area contributed by atoms with E-state index in [1.54, 1.807) is 43.3 Å². The summed E-state index contributed by atoms with van der Waals surface area (Å²) >= 11 is 12.0. The average molecular weight is 420 g/mol. The number of aliphatic carboxylic acids is 1. The van der Waals surface area contributed by atoms with Crippen molar-refractivity contribution >= 4 is 46.6 Å². The van der Waals surface area contributed by atoms with Crippen LogP contribution in [0.1, 0.15) is 23.6 Å². The number of halogens is 2. The second-order valence-corrected chi connectivity index (χ2v) is 7.32. The molecule has 3 rings (SSSR count). The lowest BCUT2D eigenvalue weighted by Gasteiger charge is -2.35. The molecule has 0 aromatic heterocycles. The molecule has 0 bridgehead atoms. The zero-order valence-electron chi connectivity index (χ0n) is 14.6. The molecule has 0 saturated heterocycles. The fraction of sp³-hybridized carbons (Fsp3) is 0.150. The van der Waals surface area contributed by atoms with Crippen molar-refractivity contribution in [1.82, 2.24) is 5.32 Å². The molecule has 6 nitrogen and oxygen atoms in total. The van der Waals surface area contributed by atoms with Gasteiger partial charge >= 0.3 is 5.97 Å². The molecule has 2 aromatic carbocycles. The first kappa shape index (κ1) is 19.9. The summed E-state index contributed by atoms with van der Waals surface area (Å²) in [5.41, 5.74) is -0.580. The molecule has 28 heavy (non-hydrogen) atoms. The highest BCUT2D eigenvalue weighted by Gasteiger charge is 2.47. The molecule has 1 amide bonds. The summed E-state index contributed by atoms with van der Waals surface area (Å²) in [7, 11) is 0. The predicted molar refractivity (Wildman–Crippen MR) is 105 cm³/mol. The van der Waals surface area contributed by atoms with Crippen LogP contribution in [0.25, 0.3) is 5.76 Å². The third kappa shape index (κ3) is 3.25. The van der Waals surface area contributed by atoms with Gasteiger partial charge in [-0.2, -0.15) is 0 Å². The Bertz CT molecular complexity index is 1030. The van der Waals surface area contributed by atoms with E-state index in [0.29, 0.717) is 21.2 Å². The lowest BCUT2D eigenvalue weighted by molar-refractivity contribution is -0.138. The number of amides is 1. The number of carbonyl (C=O) groups is 3. The molecule has 0 fully saturated rings. The van der Waals surface area contributed by atoms with E-state index in [9.17, 15) is 19.5 Å². The number of fused-ring (bicyclic) bond motifs is 1. The molecule has 1 aliphatic rings. The van der Waals surface area contributed by atoms with Gasteiger partial charge in [0, 0.05) is 15.6 Å². The maximum absolute atomic E-state index is 13.4. The van der Waals surface area contributed by atoms with Gasteiger partial charge in [0.25, 0.3) is 5.91 Å². The molecular formula is C20H15Cl2NO5. The topological polar surface area (TPSA) is 104 Å². The van der Waals surface area contributed by atoms with Crippen LogP contribution in [0.15, 0.2) is 48.0 Å². The fourth-order valence-corrected chi connectivity index (χ4v) is 3.59. The number of rotatable bonds is 4. The van der Waals surface area contributed by atoms with Gasteiger partial charge in [0.1, 0.15) is 17.9 Å². The summed E-state index contributed by atoms with van der Waals surface area (Å²) in [5, 5.41) is 22.3. The Morgan fingerprint density at radius 1 is 1.07 bits per heavy atom. The molecule has 0 radical (unpaired) electrons. The first-order chi connectivity index (χ1) is 13.2. The molecule has 8 heteroatoms. The maximum Gasteiger partial charge on any atom is 0.322 e. The minimum absolute atomic E-state index is 0.227. The number of carboxylic acid groups (broad SMARTS) is 1. The fourth-order valence-electron chi connectivity index (χ4n) is 3.29. The number of aliphatic hydroxyl groups is 1. The maximum atomic E-state index is 13.4. The van der Waals surface area contributed by atoms with Gasteiger partial charge in [-0.3, -0.25) is 14.4 Å². The van der Waals surface area contributed by atoms with Crippen molar-refractivity contribution in [3.8, 4) is 0 Å². The van der Waals surface area contributed by atoms with Crippen LogP contribution in [0.4, 0.5) is 0 Å². The number of benzene rings is 2. The van der Waals surface area contributed by atoms with Gasteiger partial charge in [0.15, 0.2) is 5.78 Å². The number of aliphatic hydroxyl groups excluding tert-OH is 1. The van der Waals surface area contributed by atoms with E-state index in [-0.39, 0.29) is 5.56 Å². The van der Waals surface area contributed by atoms with Gasteiger partial charge in [-0.05, 0) is 42.3 Å². The van der Waals surface area contributed by atoms with Crippen molar-refractivity contribution in [3.05, 3.63) is 74.8 Å². The Morgan fingerprint density at radius 2 is 1.68 bits per heavy atom. The lowest BCUT2D eigenvalue weighted by Crippen LogP contribution is -2.44. The lowest BCUT2D eigenvalue weighted by atomic mass is 9.66. The number of Topliss-reactive ketones (excluding diaryl/α,β-unsaturated/α-hetero) is 1. The number of hydrogen-bond acceptors (Lipinski definition) is 4. The Kier molecular flexibility index (Phi) is 5.19. The standard InChI is InChI=1S/C20H15Cl2NO5/c1-20(10-2-4-11(21)5-3-10)14-7-6-12(22)8-13(14)17(26)16(18(20)27)19(28)23-9-15(24)25/h2-8,26H,9H2,1H3,(H,23,28)(H,24,25)/t20-/m0/s1. The number of ketones is 1. The molecule has 1 atom stereocenters. The monoisotopic (exact) mass is 419 g/mol. The van der Waals surface area contributed by atoms with Crippen LogP contribution in [0, 0.1) is 0 Å². The SMILES string of the molecule is C[C@@]1(c2ccc(Cl)cc2)C(=O)C(C(=O)NCC(=O)O)=C(O)c2cc(Cl)ccc21. The largest absolute Gasteiger partial charge is 0.506 e. The smallest absolute Gasteiger partial charge is 0.322 e. The summed E-state index contributed by atoms with van der Waals surface area (Å²) in [4.78, 5) is 36.7. The highest BCUT2D eigenvalue weighted by atomic mass is 35.5. The van der Waals surface area contributed by atoms with Crippen LogP contribution < -0.4 is 5.32 Å². The van der Waals surface area contributed by atoms with Gasteiger partial charge in [-0.1, -0.05) is 41.4 Å². The zero-order valence-corrected chi connectivity index (χ0v) is 16.1. The highest BCUT2D eigenvalue weighted by molar-refractivity contribution is 6.32. The molecule has 144 valence electrons. The molecule has 0 saturated carbocycles. The van der Waals surface area contributed by atoms with E-state index < -0.39 is 41.0 Å². The number of nitrogens with one attached hydrogen (secondary N) is 1. The molecule has 3 N–H and O–H groups in total. The van der Waals surface area contributed by atoms with Crippen molar-refractivity contribution in [2.75, 3.05) is 6.54 Å². The van der Waals surface area contributed by atoms with E-state index in [4.69, 9.17) is 28.3 Å². The second-order valence-electron chi connectivity index (χ2n) is 6.45. The van der Waals surface area contributed by atoms with Crippen LogP contribution in [-0.4, -0.2) is 34.4 Å². The van der Waals surface area contributed by atoms with E-state index in [2.05, 4.69) is 5.32 Å². The van der Waals surface area contributed by atoms with Crippen LogP contribution >= 0.6 is 23.2 Å². The van der Waals surface area contributed by atoms with E-state index >= 15 is 0 Å². The minimum atomic E-state index is -1.31. The molecule has 1 aliphatic carbocycles. The van der Waals surface area contributed by atoms with Gasteiger partial charge in [-0.25, -0.2) is 0 Å². The van der Waals surface area contributed by atoms with Crippen LogP contribution in [0.2, 0.25) is 10.0 Å². The highest BCUT2D eigenvalue weighted by Crippen LogP contribution is 2.44. The van der Waals surface area contributed by atoms with Crippen LogP contribution in [-0.2, 0) is 19.8 Å². The molecule has 0 aliphatic heterocycles. The summed E-state index contributed by atoms with van der Waals surface area (Å²) in [5.74, 6) is -3.46. The average Bonchev–Trinajstić information content (AvgIpc) is 2.65. The van der Waals surface area contributed by atoms with E-state index in [1.165, 1.54) is 6.07 Å². The van der Waals surface area contributed by atoms with Crippen molar-refractivity contribution in [2.45, 2.75) is 12.3 Å². The van der Waals surface area contributed by atoms with Gasteiger partial charge in [-0.15, -0.1) is 0 Å². The number of carbonyl (C=O) groups excluding carboxylic acids is 2. The summed E-state index contributed by atoms with van der Waals surface area (Å²) in [6.45, 7) is 0.936. The van der Waals surface area contributed by atoms with Crippen LogP contribution in [0.5, 0.6) is 0 Å². The van der Waals surface area contributed by atoms with Crippen molar-refractivity contribution in [3.63, 3.8) is 0 Å². The number of carboxylic acids is 1. The minimum Gasteiger partial charge on any atom is -0.506 e. The third-order valence-electron chi connectivity index (χ3n) is 4.74. The summed E-state index contributed by atoms with van der Waals surface area (Å²) in [6, 6.07) is 11.2. The van der Waals surface area contributed by atoms with Crippen molar-refractivity contribution in [1.29, 1.82) is 0 Å². The molecule has 2 aromatic rings. The summed E-state index contributed by atoms with van der Waals surface area (Å²) < 4.78 is 0. The molecule has 0 unspecified atom stereocenters. The van der Waals surface area contributed by atoms with Crippen molar-refractivity contribution < 1.29 is 24.6 Å². The Morgan fingerprint density at radius 3 is 2.29 bits per heavy atom. The first-order valence-corrected chi connectivity index (χ1v) is 8.96. The Hall–Kier alpha value is -2.83.